The van der Waals surface area contributed by atoms with E-state index in [0.29, 0.717) is 36.9 Å². The summed E-state index contributed by atoms with van der Waals surface area (Å²) < 4.78 is 0. The number of piperidine rings is 1. The Morgan fingerprint density at radius 2 is 1.92 bits per heavy atom. The minimum atomic E-state index is -0.347. The van der Waals surface area contributed by atoms with Crippen molar-refractivity contribution in [2.75, 3.05) is 29.4 Å². The fourth-order valence-corrected chi connectivity index (χ4v) is 3.73. The van der Waals surface area contributed by atoms with Crippen LogP contribution in [0.25, 0.3) is 0 Å². The number of hydrogen-bond donors (Lipinski definition) is 1. The second kappa shape index (κ2) is 5.51. The predicted molar refractivity (Wildman–Crippen MR) is 89.0 cm³/mol. The van der Waals surface area contributed by atoms with Gasteiger partial charge >= 0.3 is 12.1 Å². The first-order valence-corrected chi connectivity index (χ1v) is 8.36. The largest absolute Gasteiger partial charge is 0.336 e. The summed E-state index contributed by atoms with van der Waals surface area (Å²) in [4.78, 5) is 41.8. The summed E-state index contributed by atoms with van der Waals surface area (Å²) >= 11 is 0. The zero-order valence-corrected chi connectivity index (χ0v) is 13.6. The molecular formula is C17H20N4O3. The van der Waals surface area contributed by atoms with Crippen LogP contribution in [0.15, 0.2) is 24.3 Å². The highest BCUT2D eigenvalue weighted by atomic mass is 16.2. The van der Waals surface area contributed by atoms with E-state index in [-0.39, 0.29) is 24.0 Å². The number of nitrogens with zero attached hydrogens (tertiary/aromatic N) is 3. The van der Waals surface area contributed by atoms with E-state index in [1.807, 2.05) is 6.07 Å². The van der Waals surface area contributed by atoms with Crippen LogP contribution in [0.5, 0.6) is 0 Å². The van der Waals surface area contributed by atoms with Gasteiger partial charge in [-0.3, -0.25) is 9.69 Å². The minimum absolute atomic E-state index is 0.155. The number of nitrogens with one attached hydrogen (secondary N) is 1. The molecular weight excluding hydrogens is 308 g/mol. The van der Waals surface area contributed by atoms with Crippen molar-refractivity contribution in [2.24, 2.45) is 5.92 Å². The Kier molecular flexibility index (Phi) is 3.44. The number of anilines is 2. The van der Waals surface area contributed by atoms with Gasteiger partial charge in [-0.25, -0.2) is 14.5 Å². The molecule has 7 nitrogen and oxygen atoms in total. The lowest BCUT2D eigenvalue weighted by atomic mass is 9.93. The average molecular weight is 328 g/mol. The van der Waals surface area contributed by atoms with E-state index in [0.717, 1.165) is 12.8 Å². The van der Waals surface area contributed by atoms with Crippen molar-refractivity contribution in [1.29, 1.82) is 0 Å². The SMILES string of the molecule is C[C@H]1CCN2C(=O)N(c3cccc(N4CCNC4=O)c3)C(=O)[C@H]2C1. The topological polar surface area (TPSA) is 73.0 Å². The molecule has 1 N–H and O–H groups in total. The highest BCUT2D eigenvalue weighted by molar-refractivity contribution is 6.21. The summed E-state index contributed by atoms with van der Waals surface area (Å²) in [7, 11) is 0. The fraction of sp³-hybridized carbons (Fsp3) is 0.471. The number of urea groups is 2. The van der Waals surface area contributed by atoms with Crippen molar-refractivity contribution in [3.05, 3.63) is 24.3 Å². The van der Waals surface area contributed by atoms with Crippen LogP contribution in [-0.4, -0.2) is 48.5 Å². The molecule has 3 aliphatic heterocycles. The van der Waals surface area contributed by atoms with Gasteiger partial charge in [-0.1, -0.05) is 13.0 Å². The number of amides is 5. The van der Waals surface area contributed by atoms with Crippen LogP contribution < -0.4 is 15.1 Å². The van der Waals surface area contributed by atoms with E-state index in [1.165, 1.54) is 4.90 Å². The molecule has 0 saturated carbocycles. The van der Waals surface area contributed by atoms with Crippen LogP contribution in [0.4, 0.5) is 21.0 Å². The van der Waals surface area contributed by atoms with E-state index in [1.54, 1.807) is 28.0 Å². The second-order valence-electron chi connectivity index (χ2n) is 6.70. The van der Waals surface area contributed by atoms with E-state index in [2.05, 4.69) is 12.2 Å². The van der Waals surface area contributed by atoms with Gasteiger partial charge in [0.15, 0.2) is 0 Å². The number of benzene rings is 1. The Labute approximate surface area is 140 Å². The molecule has 3 fully saturated rings. The number of carbonyl (C=O) groups excluding carboxylic acids is 3. The first kappa shape index (κ1) is 15.0. The van der Waals surface area contributed by atoms with Crippen LogP contribution in [-0.2, 0) is 4.79 Å². The lowest BCUT2D eigenvalue weighted by Crippen LogP contribution is -2.41. The monoisotopic (exact) mass is 328 g/mol. The Bertz CT molecular complexity index is 720. The van der Waals surface area contributed by atoms with Crippen molar-refractivity contribution in [3.63, 3.8) is 0 Å². The summed E-state index contributed by atoms with van der Waals surface area (Å²) in [5.41, 5.74) is 1.23. The van der Waals surface area contributed by atoms with E-state index >= 15 is 0 Å². The Morgan fingerprint density at radius 3 is 2.67 bits per heavy atom. The summed E-state index contributed by atoms with van der Waals surface area (Å²) in [6, 6.07) is 6.32. The van der Waals surface area contributed by atoms with Gasteiger partial charge in [-0.15, -0.1) is 0 Å². The molecule has 0 unspecified atom stereocenters. The minimum Gasteiger partial charge on any atom is -0.336 e. The van der Waals surface area contributed by atoms with Crippen molar-refractivity contribution in [1.82, 2.24) is 10.2 Å². The third kappa shape index (κ3) is 2.23. The standard InChI is InChI=1S/C17H20N4O3/c1-11-5-7-20-14(9-11)15(22)21(17(20)24)13-4-2-3-12(10-13)19-8-6-18-16(19)23/h2-4,10-11,14H,5-9H2,1H3,(H,18,23)/t11-,14+/m0/s1. The first-order valence-electron chi connectivity index (χ1n) is 8.36. The molecule has 0 aliphatic carbocycles. The Balaban J connectivity index is 1.65. The molecule has 0 radical (unpaired) electrons. The van der Waals surface area contributed by atoms with Crippen LogP contribution in [0.3, 0.4) is 0 Å². The van der Waals surface area contributed by atoms with E-state index < -0.39 is 0 Å². The van der Waals surface area contributed by atoms with Gasteiger partial charge in [0.2, 0.25) is 0 Å². The lowest BCUT2D eigenvalue weighted by molar-refractivity contribution is -0.120. The summed E-state index contributed by atoms with van der Waals surface area (Å²) in [6.45, 7) is 3.92. The molecule has 5 amide bonds. The maximum Gasteiger partial charge on any atom is 0.332 e. The molecule has 3 aliphatic rings. The maximum absolute atomic E-state index is 12.8. The Morgan fingerprint density at radius 1 is 1.12 bits per heavy atom. The zero-order chi connectivity index (χ0) is 16.8. The van der Waals surface area contributed by atoms with E-state index in [4.69, 9.17) is 0 Å². The molecule has 1 aromatic carbocycles. The van der Waals surface area contributed by atoms with Crippen LogP contribution in [0, 0.1) is 5.92 Å². The van der Waals surface area contributed by atoms with Crippen LogP contribution in [0.2, 0.25) is 0 Å². The van der Waals surface area contributed by atoms with Crippen molar-refractivity contribution in [2.45, 2.75) is 25.8 Å². The summed E-state index contributed by atoms with van der Waals surface area (Å²) in [6.07, 6.45) is 1.65. The lowest BCUT2D eigenvalue weighted by Gasteiger charge is -2.30. The molecule has 3 saturated heterocycles. The molecule has 126 valence electrons. The normalized spacial score (nSPS) is 26.9. The molecule has 24 heavy (non-hydrogen) atoms. The van der Waals surface area contributed by atoms with Gasteiger partial charge in [0.05, 0.1) is 5.69 Å². The van der Waals surface area contributed by atoms with Crippen molar-refractivity contribution < 1.29 is 14.4 Å². The fourth-order valence-electron chi connectivity index (χ4n) is 3.73. The average Bonchev–Trinajstić information content (AvgIpc) is 3.10. The number of hydrogen-bond acceptors (Lipinski definition) is 3. The zero-order valence-electron chi connectivity index (χ0n) is 13.6. The summed E-state index contributed by atoms with van der Waals surface area (Å²) in [5.74, 6) is 0.289. The molecule has 4 rings (SSSR count). The quantitative estimate of drug-likeness (QED) is 0.841. The third-order valence-electron chi connectivity index (χ3n) is 5.06. The molecule has 2 atom stereocenters. The van der Waals surface area contributed by atoms with Gasteiger partial charge in [0.25, 0.3) is 5.91 Å². The second-order valence-corrected chi connectivity index (χ2v) is 6.70. The third-order valence-corrected chi connectivity index (χ3v) is 5.06. The highest BCUT2D eigenvalue weighted by Crippen LogP contribution is 2.34. The predicted octanol–water partition coefficient (Wildman–Crippen LogP) is 1.78. The van der Waals surface area contributed by atoms with Gasteiger partial charge in [-0.05, 0) is 37.0 Å². The van der Waals surface area contributed by atoms with Crippen LogP contribution in [0.1, 0.15) is 19.8 Å². The number of rotatable bonds is 2. The van der Waals surface area contributed by atoms with Gasteiger partial charge in [0.1, 0.15) is 6.04 Å². The van der Waals surface area contributed by atoms with Crippen LogP contribution >= 0.6 is 0 Å². The number of fused-ring (bicyclic) bond motifs is 1. The van der Waals surface area contributed by atoms with Crippen molar-refractivity contribution >= 4 is 29.3 Å². The summed E-state index contributed by atoms with van der Waals surface area (Å²) in [5, 5.41) is 2.75. The van der Waals surface area contributed by atoms with Gasteiger partial charge in [0, 0.05) is 25.3 Å². The Hall–Kier alpha value is -2.57. The number of carbonyl (C=O) groups is 3. The molecule has 1 aromatic rings. The highest BCUT2D eigenvalue weighted by Gasteiger charge is 2.47. The van der Waals surface area contributed by atoms with Gasteiger partial charge < -0.3 is 10.2 Å². The first-order chi connectivity index (χ1) is 11.6. The van der Waals surface area contributed by atoms with Gasteiger partial charge in [-0.2, -0.15) is 0 Å². The molecule has 0 aromatic heterocycles. The number of imide groups is 1. The van der Waals surface area contributed by atoms with E-state index in [9.17, 15) is 14.4 Å². The van der Waals surface area contributed by atoms with Crippen molar-refractivity contribution in [3.8, 4) is 0 Å². The molecule has 3 heterocycles. The molecule has 0 spiro atoms. The molecule has 7 heteroatoms. The molecule has 0 bridgehead atoms. The smallest absolute Gasteiger partial charge is 0.332 e. The maximum atomic E-state index is 12.8.